The molecule has 0 radical (unpaired) electrons. The van der Waals surface area contributed by atoms with Gasteiger partial charge in [-0.05, 0) is 57.2 Å². The molecule has 146 valence electrons. The summed E-state index contributed by atoms with van der Waals surface area (Å²) in [5, 5.41) is 7.05. The number of benzene rings is 1. The molecule has 26 heavy (non-hydrogen) atoms. The number of methoxy groups -OCH3 is 1. The van der Waals surface area contributed by atoms with Crippen LogP contribution < -0.4 is 10.6 Å². The van der Waals surface area contributed by atoms with E-state index in [9.17, 15) is 0 Å². The van der Waals surface area contributed by atoms with Crippen LogP contribution in [0.3, 0.4) is 0 Å². The van der Waals surface area contributed by atoms with Crippen molar-refractivity contribution in [1.82, 2.24) is 15.5 Å². The molecule has 1 unspecified atom stereocenters. The fourth-order valence-electron chi connectivity index (χ4n) is 3.40. The minimum Gasteiger partial charge on any atom is -0.383 e. The molecule has 1 saturated heterocycles. The molecule has 2 rings (SSSR count). The van der Waals surface area contributed by atoms with Gasteiger partial charge in [-0.15, -0.1) is 0 Å². The smallest absolute Gasteiger partial charge is 0.191 e. The van der Waals surface area contributed by atoms with E-state index in [-0.39, 0.29) is 0 Å². The number of piperidine rings is 1. The summed E-state index contributed by atoms with van der Waals surface area (Å²) in [6.07, 6.45) is 4.68. The molecule has 1 heterocycles. The fraction of sp³-hybridized carbons (Fsp3) is 0.667. The molecule has 1 atom stereocenters. The lowest BCUT2D eigenvalue weighted by Crippen LogP contribution is -2.45. The first-order valence-electron chi connectivity index (χ1n) is 9.93. The van der Waals surface area contributed by atoms with Crippen molar-refractivity contribution in [2.45, 2.75) is 38.6 Å². The largest absolute Gasteiger partial charge is 0.383 e. The fourth-order valence-corrected chi connectivity index (χ4v) is 3.40. The van der Waals surface area contributed by atoms with Crippen LogP contribution in [0.2, 0.25) is 0 Å². The summed E-state index contributed by atoms with van der Waals surface area (Å²) in [5.74, 6) is 1.65. The second kappa shape index (κ2) is 11.9. The first-order valence-corrected chi connectivity index (χ1v) is 9.93. The molecule has 0 saturated carbocycles. The molecule has 0 spiro atoms. The van der Waals surface area contributed by atoms with Crippen LogP contribution in [0.25, 0.3) is 0 Å². The van der Waals surface area contributed by atoms with Gasteiger partial charge in [0.15, 0.2) is 5.96 Å². The van der Waals surface area contributed by atoms with E-state index in [0.29, 0.717) is 6.04 Å². The van der Waals surface area contributed by atoms with Crippen molar-refractivity contribution in [2.24, 2.45) is 10.9 Å². The lowest BCUT2D eigenvalue weighted by atomic mass is 9.97. The van der Waals surface area contributed by atoms with Gasteiger partial charge in [-0.1, -0.05) is 30.3 Å². The molecule has 1 aromatic rings. The Hall–Kier alpha value is -1.59. The number of rotatable bonds is 9. The Labute approximate surface area is 159 Å². The van der Waals surface area contributed by atoms with Crippen molar-refractivity contribution < 1.29 is 4.74 Å². The zero-order chi connectivity index (χ0) is 18.6. The van der Waals surface area contributed by atoms with E-state index in [2.05, 4.69) is 57.8 Å². The van der Waals surface area contributed by atoms with E-state index in [1.54, 1.807) is 7.11 Å². The minimum atomic E-state index is 0.400. The van der Waals surface area contributed by atoms with Crippen LogP contribution >= 0.6 is 0 Å². The van der Waals surface area contributed by atoms with E-state index in [0.717, 1.165) is 44.4 Å². The highest BCUT2D eigenvalue weighted by Gasteiger charge is 2.19. The highest BCUT2D eigenvalue weighted by molar-refractivity contribution is 5.79. The number of aryl methyl sites for hydroxylation is 1. The monoisotopic (exact) mass is 360 g/mol. The van der Waals surface area contributed by atoms with Crippen LogP contribution in [0.1, 0.15) is 31.7 Å². The summed E-state index contributed by atoms with van der Waals surface area (Å²) in [6, 6.07) is 11.1. The molecule has 0 amide bonds. The van der Waals surface area contributed by atoms with Gasteiger partial charge in [0.2, 0.25) is 0 Å². The van der Waals surface area contributed by atoms with Gasteiger partial charge in [0.25, 0.3) is 0 Å². The standard InChI is InChI=1S/C21H36N4O/c1-18(9-10-19-7-5-4-6-8-19)24-21(22-2)23-17-20-11-13-25(14-12-20)15-16-26-3/h4-8,18,20H,9-17H2,1-3H3,(H2,22,23,24). The third-order valence-electron chi connectivity index (χ3n) is 5.19. The maximum absolute atomic E-state index is 5.17. The van der Waals surface area contributed by atoms with Gasteiger partial charge in [0.05, 0.1) is 6.61 Å². The number of ether oxygens (including phenoxy) is 1. The van der Waals surface area contributed by atoms with Crippen molar-refractivity contribution in [3.05, 3.63) is 35.9 Å². The number of nitrogens with zero attached hydrogens (tertiary/aromatic N) is 2. The average molecular weight is 361 g/mol. The average Bonchev–Trinajstić information content (AvgIpc) is 2.69. The maximum Gasteiger partial charge on any atom is 0.191 e. The van der Waals surface area contributed by atoms with Gasteiger partial charge in [-0.3, -0.25) is 4.99 Å². The quantitative estimate of drug-likeness (QED) is 0.525. The van der Waals surface area contributed by atoms with Gasteiger partial charge < -0.3 is 20.3 Å². The van der Waals surface area contributed by atoms with Crippen LogP contribution in [0.15, 0.2) is 35.3 Å². The molecule has 2 N–H and O–H groups in total. The van der Waals surface area contributed by atoms with Crippen LogP contribution in [0.4, 0.5) is 0 Å². The van der Waals surface area contributed by atoms with E-state index < -0.39 is 0 Å². The zero-order valence-corrected chi connectivity index (χ0v) is 16.7. The molecule has 5 heteroatoms. The number of hydrogen-bond acceptors (Lipinski definition) is 3. The number of guanidine groups is 1. The van der Waals surface area contributed by atoms with E-state index in [4.69, 9.17) is 4.74 Å². The lowest BCUT2D eigenvalue weighted by Gasteiger charge is -2.32. The number of aliphatic imine (C=N–C) groups is 1. The summed E-state index contributed by atoms with van der Waals surface area (Å²) in [7, 11) is 3.63. The summed E-state index contributed by atoms with van der Waals surface area (Å²) in [5.41, 5.74) is 1.39. The molecular weight excluding hydrogens is 324 g/mol. The van der Waals surface area contributed by atoms with Gasteiger partial charge in [0, 0.05) is 33.3 Å². The zero-order valence-electron chi connectivity index (χ0n) is 16.7. The van der Waals surface area contributed by atoms with E-state index in [1.165, 1.54) is 31.5 Å². The maximum atomic E-state index is 5.17. The van der Waals surface area contributed by atoms with Gasteiger partial charge in [-0.25, -0.2) is 0 Å². The highest BCUT2D eigenvalue weighted by atomic mass is 16.5. The van der Waals surface area contributed by atoms with Crippen molar-refractivity contribution >= 4 is 5.96 Å². The van der Waals surface area contributed by atoms with Crippen molar-refractivity contribution in [3.8, 4) is 0 Å². The molecule has 5 nitrogen and oxygen atoms in total. The Kier molecular flexibility index (Phi) is 9.50. The lowest BCUT2D eigenvalue weighted by molar-refractivity contribution is 0.121. The molecule has 0 bridgehead atoms. The SMILES string of the molecule is CN=C(NCC1CCN(CCOC)CC1)NC(C)CCc1ccccc1. The van der Waals surface area contributed by atoms with E-state index >= 15 is 0 Å². The van der Waals surface area contributed by atoms with Gasteiger partial charge in [0.1, 0.15) is 0 Å². The molecule has 1 aromatic carbocycles. The van der Waals surface area contributed by atoms with Gasteiger partial charge >= 0.3 is 0 Å². The Morgan fingerprint density at radius 2 is 2.00 bits per heavy atom. The predicted molar refractivity (Wildman–Crippen MR) is 110 cm³/mol. The van der Waals surface area contributed by atoms with Crippen LogP contribution in [0.5, 0.6) is 0 Å². The molecule has 0 aliphatic carbocycles. The number of hydrogen-bond donors (Lipinski definition) is 2. The van der Waals surface area contributed by atoms with E-state index in [1.807, 2.05) is 7.05 Å². The minimum absolute atomic E-state index is 0.400. The third kappa shape index (κ3) is 7.75. The first kappa shape index (κ1) is 20.7. The Morgan fingerprint density at radius 1 is 1.27 bits per heavy atom. The van der Waals surface area contributed by atoms with Gasteiger partial charge in [-0.2, -0.15) is 0 Å². The van der Waals surface area contributed by atoms with Crippen LogP contribution in [-0.2, 0) is 11.2 Å². The van der Waals surface area contributed by atoms with Crippen LogP contribution in [0, 0.1) is 5.92 Å². The number of nitrogens with one attached hydrogen (secondary N) is 2. The summed E-state index contributed by atoms with van der Waals surface area (Å²) in [4.78, 5) is 6.89. The molecule has 0 aromatic heterocycles. The van der Waals surface area contributed by atoms with Crippen LogP contribution in [-0.4, -0.2) is 63.8 Å². The molecular formula is C21H36N4O. The predicted octanol–water partition coefficient (Wildman–Crippen LogP) is 2.53. The van der Waals surface area contributed by atoms with Crippen molar-refractivity contribution in [2.75, 3.05) is 46.9 Å². The second-order valence-corrected chi connectivity index (χ2v) is 7.30. The summed E-state index contributed by atoms with van der Waals surface area (Å²) in [6.45, 7) is 7.47. The Bertz CT molecular complexity index is 512. The highest BCUT2D eigenvalue weighted by Crippen LogP contribution is 2.16. The summed E-state index contributed by atoms with van der Waals surface area (Å²) >= 11 is 0. The summed E-state index contributed by atoms with van der Waals surface area (Å²) < 4.78 is 5.17. The third-order valence-corrected chi connectivity index (χ3v) is 5.19. The molecule has 1 aliphatic rings. The molecule has 1 aliphatic heterocycles. The topological polar surface area (TPSA) is 48.9 Å². The molecule has 1 fully saturated rings. The normalized spacial score (nSPS) is 17.9. The van der Waals surface area contributed by atoms with Crippen molar-refractivity contribution in [3.63, 3.8) is 0 Å². The Morgan fingerprint density at radius 3 is 2.65 bits per heavy atom. The first-order chi connectivity index (χ1) is 12.7. The Balaban J connectivity index is 1.63. The number of likely N-dealkylation sites (tertiary alicyclic amines) is 1. The second-order valence-electron chi connectivity index (χ2n) is 7.30. The van der Waals surface area contributed by atoms with Crippen molar-refractivity contribution in [1.29, 1.82) is 0 Å².